The van der Waals surface area contributed by atoms with E-state index >= 15 is 0 Å². The average Bonchev–Trinajstić information content (AvgIpc) is 2.54. The number of fused-ring (bicyclic) bond motifs is 1. The smallest absolute Gasteiger partial charge is 0.405 e. The summed E-state index contributed by atoms with van der Waals surface area (Å²) in [4.78, 5) is 0. The zero-order valence-corrected chi connectivity index (χ0v) is 12.2. The van der Waals surface area contributed by atoms with Gasteiger partial charge in [-0.2, -0.15) is 0 Å². The molecule has 3 rings (SSSR count). The molecule has 4 nitrogen and oxygen atoms in total. The highest BCUT2D eigenvalue weighted by molar-refractivity contribution is 7.11. The van der Waals surface area contributed by atoms with E-state index in [4.69, 9.17) is 18.6 Å². The van der Waals surface area contributed by atoms with E-state index in [9.17, 15) is 0 Å². The molecule has 3 aliphatic rings. The van der Waals surface area contributed by atoms with Crippen molar-refractivity contribution in [1.82, 2.24) is 0 Å². The fourth-order valence-electron chi connectivity index (χ4n) is 2.84. The van der Waals surface area contributed by atoms with E-state index in [2.05, 4.69) is 13.8 Å². The summed E-state index contributed by atoms with van der Waals surface area (Å²) < 4.78 is 24.1. The van der Waals surface area contributed by atoms with Crippen LogP contribution < -0.4 is 0 Å². The Morgan fingerprint density at radius 1 is 0.611 bits per heavy atom. The highest BCUT2D eigenvalue weighted by atomic mass is 16.7. The van der Waals surface area contributed by atoms with Crippen LogP contribution in [0.4, 0.5) is 0 Å². The maximum atomic E-state index is 6.05. The standard InChI is InChI=1S/C12H22B2O4/c1-9(2)10(3,4)16-13(15-9)14-17-11(5)7-8-12(11,6)18-14/h7-8H2,1-6H3. The minimum Gasteiger partial charge on any atom is -0.405 e. The first kappa shape index (κ1) is 13.0. The molecule has 0 amide bonds. The summed E-state index contributed by atoms with van der Waals surface area (Å²) >= 11 is 0. The molecule has 2 unspecified atom stereocenters. The van der Waals surface area contributed by atoms with Gasteiger partial charge < -0.3 is 18.6 Å². The van der Waals surface area contributed by atoms with Crippen molar-refractivity contribution in [2.24, 2.45) is 0 Å². The number of hydrogen-bond acceptors (Lipinski definition) is 4. The van der Waals surface area contributed by atoms with Gasteiger partial charge in [0.15, 0.2) is 0 Å². The molecular weight excluding hydrogens is 230 g/mol. The van der Waals surface area contributed by atoms with Crippen LogP contribution in [0.1, 0.15) is 54.4 Å². The number of hydrogen-bond donors (Lipinski definition) is 0. The summed E-state index contributed by atoms with van der Waals surface area (Å²) in [5.41, 5.74) is -1.04. The van der Waals surface area contributed by atoms with Crippen molar-refractivity contribution in [1.29, 1.82) is 0 Å². The Labute approximate surface area is 110 Å². The minimum atomic E-state index is -0.436. The summed E-state index contributed by atoms with van der Waals surface area (Å²) in [6.45, 7) is 12.4. The molecule has 18 heavy (non-hydrogen) atoms. The Hall–Kier alpha value is -0.0301. The second-order valence-corrected chi connectivity index (χ2v) is 7.19. The van der Waals surface area contributed by atoms with E-state index in [0.29, 0.717) is 0 Å². The predicted molar refractivity (Wildman–Crippen MR) is 70.1 cm³/mol. The second-order valence-electron chi connectivity index (χ2n) is 7.19. The van der Waals surface area contributed by atoms with Crippen LogP contribution in [0.2, 0.25) is 0 Å². The monoisotopic (exact) mass is 252 g/mol. The quantitative estimate of drug-likeness (QED) is 0.669. The van der Waals surface area contributed by atoms with Gasteiger partial charge in [-0.15, -0.1) is 0 Å². The molecule has 100 valence electrons. The van der Waals surface area contributed by atoms with Gasteiger partial charge in [0.05, 0.1) is 22.4 Å². The van der Waals surface area contributed by atoms with E-state index in [1.54, 1.807) is 0 Å². The van der Waals surface area contributed by atoms with E-state index in [1.165, 1.54) is 0 Å². The van der Waals surface area contributed by atoms with Crippen LogP contribution in [0, 0.1) is 0 Å². The van der Waals surface area contributed by atoms with E-state index in [0.717, 1.165) is 12.8 Å². The molecule has 0 aromatic carbocycles. The molecule has 1 aliphatic carbocycles. The first-order valence-electron chi connectivity index (χ1n) is 6.80. The molecule has 0 spiro atoms. The Bertz CT molecular complexity index is 327. The average molecular weight is 252 g/mol. The van der Waals surface area contributed by atoms with Gasteiger partial charge in [0.1, 0.15) is 0 Å². The van der Waals surface area contributed by atoms with Crippen LogP contribution in [0.5, 0.6) is 0 Å². The molecule has 6 heteroatoms. The molecule has 2 saturated heterocycles. The van der Waals surface area contributed by atoms with Gasteiger partial charge in [-0.25, -0.2) is 0 Å². The largest absolute Gasteiger partial charge is 0.489 e. The lowest BCUT2D eigenvalue weighted by Gasteiger charge is -2.49. The Morgan fingerprint density at radius 2 is 0.944 bits per heavy atom. The van der Waals surface area contributed by atoms with Crippen molar-refractivity contribution in [2.75, 3.05) is 0 Å². The third-order valence-electron chi connectivity index (χ3n) is 5.44. The van der Waals surface area contributed by atoms with Crippen molar-refractivity contribution < 1.29 is 18.6 Å². The van der Waals surface area contributed by atoms with E-state index < -0.39 is 14.0 Å². The molecule has 0 aromatic heterocycles. The van der Waals surface area contributed by atoms with E-state index in [-0.39, 0.29) is 22.4 Å². The lowest BCUT2D eigenvalue weighted by Crippen LogP contribution is -2.56. The molecule has 0 radical (unpaired) electrons. The first-order valence-corrected chi connectivity index (χ1v) is 6.80. The molecule has 0 bridgehead atoms. The third-order valence-corrected chi connectivity index (χ3v) is 5.44. The Morgan fingerprint density at radius 3 is 1.28 bits per heavy atom. The molecule has 2 atom stereocenters. The minimum absolute atomic E-state index is 0.179. The lowest BCUT2D eigenvalue weighted by molar-refractivity contribution is -0.108. The van der Waals surface area contributed by atoms with Gasteiger partial charge in [0, 0.05) is 0 Å². The fourth-order valence-corrected chi connectivity index (χ4v) is 2.84. The van der Waals surface area contributed by atoms with Crippen molar-refractivity contribution in [2.45, 2.75) is 76.8 Å². The summed E-state index contributed by atoms with van der Waals surface area (Å²) in [6, 6.07) is 0. The topological polar surface area (TPSA) is 36.9 Å². The normalized spacial score (nSPS) is 45.0. The first-order chi connectivity index (χ1) is 8.09. The maximum absolute atomic E-state index is 6.05. The van der Waals surface area contributed by atoms with Crippen LogP contribution in [-0.4, -0.2) is 36.4 Å². The van der Waals surface area contributed by atoms with Crippen LogP contribution in [0.25, 0.3) is 0 Å². The van der Waals surface area contributed by atoms with Crippen molar-refractivity contribution >= 4 is 14.0 Å². The lowest BCUT2D eigenvalue weighted by atomic mass is 9.49. The van der Waals surface area contributed by atoms with Gasteiger partial charge in [-0.1, -0.05) is 0 Å². The second kappa shape index (κ2) is 3.35. The molecule has 0 N–H and O–H groups in total. The summed E-state index contributed by atoms with van der Waals surface area (Å²) in [5.74, 6) is 0. The molecule has 3 fully saturated rings. The summed E-state index contributed by atoms with van der Waals surface area (Å²) in [5, 5.41) is 0. The van der Waals surface area contributed by atoms with Gasteiger partial charge in [0.2, 0.25) is 0 Å². The van der Waals surface area contributed by atoms with Gasteiger partial charge >= 0.3 is 14.0 Å². The predicted octanol–water partition coefficient (Wildman–Crippen LogP) is 2.00. The van der Waals surface area contributed by atoms with Gasteiger partial charge in [-0.3, -0.25) is 0 Å². The van der Waals surface area contributed by atoms with Crippen LogP contribution >= 0.6 is 0 Å². The van der Waals surface area contributed by atoms with Crippen molar-refractivity contribution in [3.05, 3.63) is 0 Å². The highest BCUT2D eigenvalue weighted by Crippen LogP contribution is 2.53. The van der Waals surface area contributed by atoms with E-state index in [1.807, 2.05) is 27.7 Å². The van der Waals surface area contributed by atoms with Gasteiger partial charge in [-0.05, 0) is 54.4 Å². The zero-order chi connectivity index (χ0) is 13.4. The Balaban J connectivity index is 1.76. The molecule has 0 aromatic rings. The van der Waals surface area contributed by atoms with Crippen molar-refractivity contribution in [3.8, 4) is 0 Å². The van der Waals surface area contributed by atoms with Crippen LogP contribution in [0.3, 0.4) is 0 Å². The zero-order valence-electron chi connectivity index (χ0n) is 12.2. The molecule has 2 heterocycles. The fraction of sp³-hybridized carbons (Fsp3) is 1.00. The molecule has 2 aliphatic heterocycles. The van der Waals surface area contributed by atoms with Crippen molar-refractivity contribution in [3.63, 3.8) is 0 Å². The number of rotatable bonds is 1. The maximum Gasteiger partial charge on any atom is 0.489 e. The van der Waals surface area contributed by atoms with Crippen LogP contribution in [0.15, 0.2) is 0 Å². The van der Waals surface area contributed by atoms with Gasteiger partial charge in [0.25, 0.3) is 0 Å². The SMILES string of the molecule is CC1(C)OB(B2OC3(C)CCC3(C)O2)OC1(C)C. The summed E-state index contributed by atoms with van der Waals surface area (Å²) in [7, 11) is -0.849. The molecular formula is C12H22B2O4. The third kappa shape index (κ3) is 1.49. The van der Waals surface area contributed by atoms with Crippen LogP contribution in [-0.2, 0) is 18.6 Å². The highest BCUT2D eigenvalue weighted by Gasteiger charge is 2.69. The summed E-state index contributed by atoms with van der Waals surface area (Å²) in [6.07, 6.45) is 2.08. The molecule has 1 saturated carbocycles. The Kier molecular flexibility index (Phi) is 2.41.